The van der Waals surface area contributed by atoms with Crippen LogP contribution in [-0.2, 0) is 19.9 Å². The summed E-state index contributed by atoms with van der Waals surface area (Å²) in [5.41, 5.74) is 12.1. The van der Waals surface area contributed by atoms with Crippen LogP contribution in [0.15, 0.2) is 18.2 Å². The fourth-order valence-electron chi connectivity index (χ4n) is 2.22. The summed E-state index contributed by atoms with van der Waals surface area (Å²) in [6.07, 6.45) is 1.43. The number of carbonyl (C=O) groups excluding carboxylic acids is 1. The average Bonchev–Trinajstić information content (AvgIpc) is 2.83. The van der Waals surface area contributed by atoms with Gasteiger partial charge in [0.2, 0.25) is 0 Å². The second-order valence-electron chi connectivity index (χ2n) is 4.34. The summed E-state index contributed by atoms with van der Waals surface area (Å²) in [5, 5.41) is 0. The van der Waals surface area contributed by atoms with Gasteiger partial charge in [-0.15, -0.1) is 0 Å². The molecule has 1 aromatic rings. The van der Waals surface area contributed by atoms with Gasteiger partial charge in [-0.25, -0.2) is 4.79 Å². The topological polar surface area (TPSA) is 87.6 Å². The van der Waals surface area contributed by atoms with Gasteiger partial charge in [-0.05, 0) is 37.5 Å². The first kappa shape index (κ1) is 12.7. The van der Waals surface area contributed by atoms with Crippen molar-refractivity contribution in [2.45, 2.75) is 25.4 Å². The molecule has 1 unspecified atom stereocenters. The van der Waals surface area contributed by atoms with Gasteiger partial charge in [0.15, 0.2) is 5.60 Å². The SMILES string of the molecule is CCOC(=O)C1(c2ccc(N)c(N)c2)CCCO1. The summed E-state index contributed by atoms with van der Waals surface area (Å²) in [6.45, 7) is 2.65. The van der Waals surface area contributed by atoms with Crippen molar-refractivity contribution >= 4 is 17.3 Å². The van der Waals surface area contributed by atoms with Crippen LogP contribution in [0.3, 0.4) is 0 Å². The maximum Gasteiger partial charge on any atom is 0.343 e. The predicted molar refractivity (Wildman–Crippen MR) is 68.8 cm³/mol. The molecule has 0 amide bonds. The van der Waals surface area contributed by atoms with Crippen molar-refractivity contribution in [1.82, 2.24) is 0 Å². The van der Waals surface area contributed by atoms with Crippen molar-refractivity contribution in [2.75, 3.05) is 24.7 Å². The first-order chi connectivity index (χ1) is 8.60. The molecule has 0 saturated carbocycles. The van der Waals surface area contributed by atoms with Gasteiger partial charge in [0.05, 0.1) is 18.0 Å². The number of nitrogens with two attached hydrogens (primary N) is 2. The second kappa shape index (κ2) is 4.86. The van der Waals surface area contributed by atoms with Gasteiger partial charge in [-0.1, -0.05) is 6.07 Å². The second-order valence-corrected chi connectivity index (χ2v) is 4.34. The van der Waals surface area contributed by atoms with Gasteiger partial charge in [0.1, 0.15) is 0 Å². The Hall–Kier alpha value is -1.75. The molecule has 1 saturated heterocycles. The minimum Gasteiger partial charge on any atom is -0.464 e. The standard InChI is InChI=1S/C13H18N2O3/c1-2-17-12(16)13(6-3-7-18-13)9-4-5-10(14)11(15)8-9/h4-5,8H,2-3,6-7,14-15H2,1H3. The van der Waals surface area contributed by atoms with Crippen LogP contribution < -0.4 is 11.5 Å². The maximum absolute atomic E-state index is 12.1. The summed E-state index contributed by atoms with van der Waals surface area (Å²) < 4.78 is 10.8. The Morgan fingerprint density at radius 3 is 2.78 bits per heavy atom. The molecule has 0 aliphatic carbocycles. The first-order valence-electron chi connectivity index (χ1n) is 6.07. The molecule has 18 heavy (non-hydrogen) atoms. The van der Waals surface area contributed by atoms with E-state index in [9.17, 15) is 4.79 Å². The third-order valence-corrected chi connectivity index (χ3v) is 3.18. The van der Waals surface area contributed by atoms with Gasteiger partial charge in [-0.2, -0.15) is 0 Å². The van der Waals surface area contributed by atoms with Crippen LogP contribution in [-0.4, -0.2) is 19.2 Å². The molecule has 1 aliphatic heterocycles. The molecule has 5 heteroatoms. The van der Waals surface area contributed by atoms with Crippen LogP contribution in [0.5, 0.6) is 0 Å². The largest absolute Gasteiger partial charge is 0.464 e. The summed E-state index contributed by atoms with van der Waals surface area (Å²) in [4.78, 5) is 12.1. The van der Waals surface area contributed by atoms with E-state index in [1.54, 1.807) is 25.1 Å². The Bertz CT molecular complexity index is 454. The molecule has 1 fully saturated rings. The van der Waals surface area contributed by atoms with E-state index in [-0.39, 0.29) is 5.97 Å². The van der Waals surface area contributed by atoms with Crippen molar-refractivity contribution in [3.63, 3.8) is 0 Å². The fourth-order valence-corrected chi connectivity index (χ4v) is 2.22. The molecule has 1 heterocycles. The van der Waals surface area contributed by atoms with Crippen molar-refractivity contribution in [3.8, 4) is 0 Å². The molecule has 0 spiro atoms. The summed E-state index contributed by atoms with van der Waals surface area (Å²) in [7, 11) is 0. The summed E-state index contributed by atoms with van der Waals surface area (Å²) >= 11 is 0. The third kappa shape index (κ3) is 2.01. The normalized spacial score (nSPS) is 22.9. The van der Waals surface area contributed by atoms with Crippen LogP contribution in [0.2, 0.25) is 0 Å². The molecule has 1 aliphatic rings. The lowest BCUT2D eigenvalue weighted by molar-refractivity contribution is -0.167. The molecule has 1 atom stereocenters. The predicted octanol–water partition coefficient (Wildman–Crippen LogP) is 1.42. The molecule has 0 aromatic heterocycles. The van der Waals surface area contributed by atoms with Crippen molar-refractivity contribution in [2.24, 2.45) is 0 Å². The number of esters is 1. The number of anilines is 2. The van der Waals surface area contributed by atoms with Gasteiger partial charge < -0.3 is 20.9 Å². The fraction of sp³-hybridized carbons (Fsp3) is 0.462. The molecule has 2 rings (SSSR count). The highest BCUT2D eigenvalue weighted by Gasteiger charge is 2.46. The third-order valence-electron chi connectivity index (χ3n) is 3.18. The minimum atomic E-state index is -1.02. The van der Waals surface area contributed by atoms with E-state index in [4.69, 9.17) is 20.9 Å². The number of nitrogen functional groups attached to an aromatic ring is 2. The van der Waals surface area contributed by atoms with Crippen molar-refractivity contribution < 1.29 is 14.3 Å². The Kier molecular flexibility index (Phi) is 3.43. The highest BCUT2D eigenvalue weighted by atomic mass is 16.6. The van der Waals surface area contributed by atoms with E-state index in [2.05, 4.69) is 0 Å². The van der Waals surface area contributed by atoms with Crippen LogP contribution in [0.25, 0.3) is 0 Å². The van der Waals surface area contributed by atoms with Gasteiger partial charge in [0.25, 0.3) is 0 Å². The van der Waals surface area contributed by atoms with Crippen LogP contribution >= 0.6 is 0 Å². The number of carbonyl (C=O) groups is 1. The number of ether oxygens (including phenoxy) is 2. The zero-order valence-corrected chi connectivity index (χ0v) is 10.4. The molecule has 0 radical (unpaired) electrons. The molecule has 5 nitrogen and oxygen atoms in total. The average molecular weight is 250 g/mol. The van der Waals surface area contributed by atoms with Crippen molar-refractivity contribution in [1.29, 1.82) is 0 Å². The monoisotopic (exact) mass is 250 g/mol. The summed E-state index contributed by atoms with van der Waals surface area (Å²) in [5.74, 6) is -0.355. The maximum atomic E-state index is 12.1. The van der Waals surface area contributed by atoms with Crippen LogP contribution in [0, 0.1) is 0 Å². The number of benzene rings is 1. The van der Waals surface area contributed by atoms with Crippen LogP contribution in [0.4, 0.5) is 11.4 Å². The molecule has 0 bridgehead atoms. The molecule has 1 aromatic carbocycles. The number of rotatable bonds is 3. The van der Waals surface area contributed by atoms with Crippen molar-refractivity contribution in [3.05, 3.63) is 23.8 Å². The van der Waals surface area contributed by atoms with E-state index in [1.807, 2.05) is 0 Å². The van der Waals surface area contributed by atoms with E-state index in [0.717, 1.165) is 6.42 Å². The Morgan fingerprint density at radius 1 is 1.44 bits per heavy atom. The molecule has 4 N–H and O–H groups in total. The lowest BCUT2D eigenvalue weighted by Gasteiger charge is -2.26. The van der Waals surface area contributed by atoms with Gasteiger partial charge in [0, 0.05) is 6.61 Å². The molecular formula is C13H18N2O3. The zero-order valence-electron chi connectivity index (χ0n) is 10.4. The zero-order chi connectivity index (χ0) is 13.2. The number of hydrogen-bond donors (Lipinski definition) is 2. The lowest BCUT2D eigenvalue weighted by Crippen LogP contribution is -2.36. The van der Waals surface area contributed by atoms with E-state index in [0.29, 0.717) is 36.6 Å². The highest BCUT2D eigenvalue weighted by molar-refractivity contribution is 5.83. The molecular weight excluding hydrogens is 232 g/mol. The quantitative estimate of drug-likeness (QED) is 0.625. The van der Waals surface area contributed by atoms with Gasteiger partial charge >= 0.3 is 5.97 Å². The van der Waals surface area contributed by atoms with E-state index < -0.39 is 5.60 Å². The first-order valence-corrected chi connectivity index (χ1v) is 6.07. The highest BCUT2D eigenvalue weighted by Crippen LogP contribution is 2.38. The minimum absolute atomic E-state index is 0.328. The Balaban J connectivity index is 2.40. The Labute approximate surface area is 106 Å². The van der Waals surface area contributed by atoms with E-state index in [1.165, 1.54) is 0 Å². The molecule has 98 valence electrons. The van der Waals surface area contributed by atoms with E-state index >= 15 is 0 Å². The number of hydrogen-bond acceptors (Lipinski definition) is 5. The smallest absolute Gasteiger partial charge is 0.343 e. The lowest BCUT2D eigenvalue weighted by atomic mass is 9.90. The summed E-state index contributed by atoms with van der Waals surface area (Å²) in [6, 6.07) is 5.15. The Morgan fingerprint density at radius 2 is 2.22 bits per heavy atom. The van der Waals surface area contributed by atoms with Crippen LogP contribution in [0.1, 0.15) is 25.3 Å². The van der Waals surface area contributed by atoms with Gasteiger partial charge in [-0.3, -0.25) is 0 Å².